The highest BCUT2D eigenvalue weighted by Gasteiger charge is 2.10. The SMILES string of the molecule is Cc1ccc(C)c(-c2n[nH]c(=O)c(C)c2C)c1. The molecule has 0 aliphatic carbocycles. The average molecular weight is 228 g/mol. The number of nitrogens with one attached hydrogen (secondary N) is 1. The Hall–Kier alpha value is -1.90. The van der Waals surface area contributed by atoms with E-state index in [9.17, 15) is 4.79 Å². The van der Waals surface area contributed by atoms with Gasteiger partial charge in [0, 0.05) is 11.1 Å². The molecule has 0 saturated carbocycles. The minimum absolute atomic E-state index is 0.114. The summed E-state index contributed by atoms with van der Waals surface area (Å²) in [5.74, 6) is 0. The fourth-order valence-electron chi connectivity index (χ4n) is 1.88. The monoisotopic (exact) mass is 228 g/mol. The molecule has 3 heteroatoms. The minimum Gasteiger partial charge on any atom is -0.268 e. The molecule has 0 fully saturated rings. The molecule has 2 aromatic rings. The lowest BCUT2D eigenvalue weighted by atomic mass is 9.98. The summed E-state index contributed by atoms with van der Waals surface area (Å²) in [4.78, 5) is 11.5. The molecule has 0 spiro atoms. The van der Waals surface area contributed by atoms with E-state index in [2.05, 4.69) is 42.2 Å². The molecule has 1 N–H and O–H groups in total. The topological polar surface area (TPSA) is 45.8 Å². The predicted octanol–water partition coefficient (Wildman–Crippen LogP) is 2.67. The van der Waals surface area contributed by atoms with Crippen LogP contribution in [0.3, 0.4) is 0 Å². The highest BCUT2D eigenvalue weighted by Crippen LogP contribution is 2.25. The third kappa shape index (κ3) is 2.00. The van der Waals surface area contributed by atoms with Crippen LogP contribution in [0.5, 0.6) is 0 Å². The molecule has 0 unspecified atom stereocenters. The number of aryl methyl sites for hydroxylation is 2. The quantitative estimate of drug-likeness (QED) is 0.815. The van der Waals surface area contributed by atoms with E-state index in [4.69, 9.17) is 0 Å². The number of aromatic nitrogens is 2. The second-order valence-corrected chi connectivity index (χ2v) is 4.47. The molecule has 0 aliphatic heterocycles. The molecule has 1 heterocycles. The smallest absolute Gasteiger partial charge is 0.267 e. The van der Waals surface area contributed by atoms with Crippen LogP contribution < -0.4 is 5.56 Å². The molecule has 0 radical (unpaired) electrons. The van der Waals surface area contributed by atoms with Crippen LogP contribution in [0.25, 0.3) is 11.3 Å². The van der Waals surface area contributed by atoms with E-state index in [0.717, 1.165) is 27.9 Å². The third-order valence-corrected chi connectivity index (χ3v) is 3.18. The predicted molar refractivity (Wildman–Crippen MR) is 69.2 cm³/mol. The van der Waals surface area contributed by atoms with Gasteiger partial charge in [-0.05, 0) is 44.9 Å². The van der Waals surface area contributed by atoms with Crippen LogP contribution in [0.2, 0.25) is 0 Å². The van der Waals surface area contributed by atoms with Crippen molar-refractivity contribution in [3.63, 3.8) is 0 Å². The average Bonchev–Trinajstić information content (AvgIpc) is 2.30. The Morgan fingerprint density at radius 2 is 1.76 bits per heavy atom. The van der Waals surface area contributed by atoms with Gasteiger partial charge in [-0.15, -0.1) is 0 Å². The first-order valence-corrected chi connectivity index (χ1v) is 5.64. The van der Waals surface area contributed by atoms with Gasteiger partial charge in [0.1, 0.15) is 0 Å². The Labute approximate surface area is 101 Å². The van der Waals surface area contributed by atoms with Crippen LogP contribution in [0.15, 0.2) is 23.0 Å². The summed E-state index contributed by atoms with van der Waals surface area (Å²) < 4.78 is 0. The molecular weight excluding hydrogens is 212 g/mol. The van der Waals surface area contributed by atoms with Gasteiger partial charge < -0.3 is 0 Å². The van der Waals surface area contributed by atoms with E-state index < -0.39 is 0 Å². The van der Waals surface area contributed by atoms with Crippen molar-refractivity contribution in [3.05, 3.63) is 50.8 Å². The fraction of sp³-hybridized carbons (Fsp3) is 0.286. The largest absolute Gasteiger partial charge is 0.268 e. The van der Waals surface area contributed by atoms with Crippen molar-refractivity contribution in [3.8, 4) is 11.3 Å². The van der Waals surface area contributed by atoms with Crippen molar-refractivity contribution in [1.29, 1.82) is 0 Å². The first-order valence-electron chi connectivity index (χ1n) is 5.64. The van der Waals surface area contributed by atoms with Crippen molar-refractivity contribution in [2.24, 2.45) is 0 Å². The highest BCUT2D eigenvalue weighted by molar-refractivity contribution is 5.67. The Balaban J connectivity index is 2.73. The molecular formula is C14H16N2O. The Morgan fingerprint density at radius 1 is 1.06 bits per heavy atom. The molecule has 0 bridgehead atoms. The zero-order valence-corrected chi connectivity index (χ0v) is 10.6. The van der Waals surface area contributed by atoms with Gasteiger partial charge >= 0.3 is 0 Å². The van der Waals surface area contributed by atoms with Gasteiger partial charge in [0.25, 0.3) is 5.56 Å². The van der Waals surface area contributed by atoms with Gasteiger partial charge in [-0.3, -0.25) is 4.79 Å². The maximum atomic E-state index is 11.5. The second-order valence-electron chi connectivity index (χ2n) is 4.47. The van der Waals surface area contributed by atoms with E-state index in [1.54, 1.807) is 0 Å². The molecule has 1 aromatic carbocycles. The number of aromatic amines is 1. The number of rotatable bonds is 1. The summed E-state index contributed by atoms with van der Waals surface area (Å²) in [5, 5.41) is 6.72. The minimum atomic E-state index is -0.114. The molecule has 0 aliphatic rings. The van der Waals surface area contributed by atoms with Gasteiger partial charge in [-0.2, -0.15) is 5.10 Å². The standard InChI is InChI=1S/C14H16N2O/c1-8-5-6-9(2)12(7-8)13-10(3)11(4)14(17)16-15-13/h5-7H,1-4H3,(H,16,17). The summed E-state index contributed by atoms with van der Waals surface area (Å²) >= 11 is 0. The van der Waals surface area contributed by atoms with E-state index >= 15 is 0 Å². The first-order chi connectivity index (χ1) is 8.00. The molecule has 2 rings (SSSR count). The maximum Gasteiger partial charge on any atom is 0.267 e. The lowest BCUT2D eigenvalue weighted by molar-refractivity contribution is 0.957. The van der Waals surface area contributed by atoms with Crippen molar-refractivity contribution in [2.45, 2.75) is 27.7 Å². The van der Waals surface area contributed by atoms with Crippen molar-refractivity contribution in [2.75, 3.05) is 0 Å². The summed E-state index contributed by atoms with van der Waals surface area (Å²) in [5.41, 5.74) is 5.87. The van der Waals surface area contributed by atoms with E-state index in [-0.39, 0.29) is 5.56 Å². The zero-order chi connectivity index (χ0) is 12.6. The van der Waals surface area contributed by atoms with Gasteiger partial charge in [-0.1, -0.05) is 17.7 Å². The van der Waals surface area contributed by atoms with Crippen molar-refractivity contribution < 1.29 is 0 Å². The van der Waals surface area contributed by atoms with Gasteiger partial charge in [0.05, 0.1) is 5.69 Å². The third-order valence-electron chi connectivity index (χ3n) is 3.18. The van der Waals surface area contributed by atoms with Crippen molar-refractivity contribution in [1.82, 2.24) is 10.2 Å². The van der Waals surface area contributed by atoms with E-state index in [1.807, 2.05) is 13.8 Å². The first kappa shape index (κ1) is 11.6. The van der Waals surface area contributed by atoms with Crippen LogP contribution >= 0.6 is 0 Å². The zero-order valence-electron chi connectivity index (χ0n) is 10.6. The highest BCUT2D eigenvalue weighted by atomic mass is 16.1. The number of hydrogen-bond donors (Lipinski definition) is 1. The fourth-order valence-corrected chi connectivity index (χ4v) is 1.88. The van der Waals surface area contributed by atoms with E-state index in [1.165, 1.54) is 5.56 Å². The summed E-state index contributed by atoms with van der Waals surface area (Å²) in [6.45, 7) is 7.87. The van der Waals surface area contributed by atoms with Crippen LogP contribution in [-0.2, 0) is 0 Å². The molecule has 0 saturated heterocycles. The normalized spacial score (nSPS) is 10.6. The maximum absolute atomic E-state index is 11.5. The summed E-state index contributed by atoms with van der Waals surface area (Å²) in [6, 6.07) is 6.25. The van der Waals surface area contributed by atoms with E-state index in [0.29, 0.717) is 0 Å². The number of hydrogen-bond acceptors (Lipinski definition) is 2. The van der Waals surface area contributed by atoms with Gasteiger partial charge in [0.15, 0.2) is 0 Å². The molecule has 0 atom stereocenters. The lowest BCUT2D eigenvalue weighted by Crippen LogP contribution is -2.14. The summed E-state index contributed by atoms with van der Waals surface area (Å²) in [7, 11) is 0. The van der Waals surface area contributed by atoms with Crippen LogP contribution in [0.1, 0.15) is 22.3 Å². The summed E-state index contributed by atoms with van der Waals surface area (Å²) in [6.07, 6.45) is 0. The number of H-pyrrole nitrogens is 1. The van der Waals surface area contributed by atoms with Gasteiger partial charge in [-0.25, -0.2) is 5.10 Å². The van der Waals surface area contributed by atoms with Crippen LogP contribution in [0.4, 0.5) is 0 Å². The molecule has 0 amide bonds. The number of nitrogens with zero attached hydrogens (tertiary/aromatic N) is 1. The second kappa shape index (κ2) is 4.17. The van der Waals surface area contributed by atoms with Crippen LogP contribution in [-0.4, -0.2) is 10.2 Å². The molecule has 1 aromatic heterocycles. The Bertz CT molecular complexity index is 627. The Morgan fingerprint density at radius 3 is 2.47 bits per heavy atom. The molecule has 88 valence electrons. The van der Waals surface area contributed by atoms with Crippen LogP contribution in [0, 0.1) is 27.7 Å². The number of benzene rings is 1. The van der Waals surface area contributed by atoms with Gasteiger partial charge in [0.2, 0.25) is 0 Å². The van der Waals surface area contributed by atoms with Crippen molar-refractivity contribution >= 4 is 0 Å². The lowest BCUT2D eigenvalue weighted by Gasteiger charge is -2.10. The molecule has 3 nitrogen and oxygen atoms in total. The Kier molecular flexibility index (Phi) is 2.84. The molecule has 17 heavy (non-hydrogen) atoms.